The lowest BCUT2D eigenvalue weighted by molar-refractivity contribution is -0.127. The highest BCUT2D eigenvalue weighted by atomic mass is 16.2. The van der Waals surface area contributed by atoms with Gasteiger partial charge in [0, 0.05) is 49.0 Å². The van der Waals surface area contributed by atoms with E-state index in [1.165, 1.54) is 4.90 Å². The predicted octanol–water partition coefficient (Wildman–Crippen LogP) is 2.12. The lowest BCUT2D eigenvalue weighted by Gasteiger charge is -2.12. The molecule has 4 rings (SSSR count). The van der Waals surface area contributed by atoms with Crippen molar-refractivity contribution >= 4 is 28.7 Å². The second kappa shape index (κ2) is 8.77. The van der Waals surface area contributed by atoms with Crippen LogP contribution in [0.25, 0.3) is 10.9 Å². The van der Waals surface area contributed by atoms with Gasteiger partial charge in [0.05, 0.1) is 0 Å². The average Bonchev–Trinajstić information content (AvgIpc) is 3.30. The van der Waals surface area contributed by atoms with Crippen molar-refractivity contribution in [1.29, 1.82) is 0 Å². The Morgan fingerprint density at radius 2 is 1.93 bits per heavy atom. The van der Waals surface area contributed by atoms with Gasteiger partial charge >= 0.3 is 6.03 Å². The molecule has 0 radical (unpaired) electrons. The van der Waals surface area contributed by atoms with Crippen molar-refractivity contribution in [1.82, 2.24) is 25.5 Å². The maximum Gasteiger partial charge on any atom is 0.324 e. The maximum absolute atomic E-state index is 12.6. The number of aromatic amines is 1. The Bertz CT molecular complexity index is 1060. The van der Waals surface area contributed by atoms with Gasteiger partial charge in [0.15, 0.2) is 0 Å². The molecule has 1 saturated heterocycles. The Hall–Kier alpha value is -3.68. The van der Waals surface area contributed by atoms with E-state index in [0.29, 0.717) is 19.5 Å². The summed E-state index contributed by atoms with van der Waals surface area (Å²) in [5, 5.41) is 6.59. The summed E-state index contributed by atoms with van der Waals surface area (Å²) in [5.41, 5.74) is 3.04. The number of hydrogen-bond donors (Lipinski definition) is 3. The summed E-state index contributed by atoms with van der Waals surface area (Å²) in [7, 11) is 0. The number of H-pyrrole nitrogens is 1. The first-order valence-electron chi connectivity index (χ1n) is 9.94. The molecule has 1 unspecified atom stereocenters. The standard InChI is InChI=1S/C22H23N5O3/c28-20(25-13-15-7-10-23-11-8-15)6-5-19-21(29)27(22(30)26-19)12-9-16-14-24-18-4-2-1-3-17(16)18/h1-4,7-8,10-11,14,19,24H,5-6,9,12-13H2,(H,25,28)(H,26,30). The van der Waals surface area contributed by atoms with Crippen LogP contribution in [-0.2, 0) is 22.6 Å². The first kappa shape index (κ1) is 19.6. The maximum atomic E-state index is 12.6. The number of fused-ring (bicyclic) bond motifs is 1. The summed E-state index contributed by atoms with van der Waals surface area (Å²) in [4.78, 5) is 45.3. The molecule has 0 bridgehead atoms. The molecule has 1 atom stereocenters. The molecule has 0 saturated carbocycles. The summed E-state index contributed by atoms with van der Waals surface area (Å²) in [5.74, 6) is -0.437. The number of nitrogens with zero attached hydrogens (tertiary/aromatic N) is 2. The molecule has 1 fully saturated rings. The molecule has 8 nitrogen and oxygen atoms in total. The molecule has 0 aliphatic carbocycles. The van der Waals surface area contributed by atoms with Crippen LogP contribution in [0.5, 0.6) is 0 Å². The molecule has 1 aliphatic heterocycles. The first-order valence-corrected chi connectivity index (χ1v) is 9.94. The van der Waals surface area contributed by atoms with Gasteiger partial charge in [0.2, 0.25) is 5.91 Å². The minimum Gasteiger partial charge on any atom is -0.361 e. The number of para-hydroxylation sites is 1. The van der Waals surface area contributed by atoms with Crippen LogP contribution in [0.1, 0.15) is 24.0 Å². The highest BCUT2D eigenvalue weighted by Crippen LogP contribution is 2.19. The van der Waals surface area contributed by atoms with E-state index in [9.17, 15) is 14.4 Å². The molecule has 154 valence electrons. The predicted molar refractivity (Wildman–Crippen MR) is 111 cm³/mol. The number of carbonyl (C=O) groups excluding carboxylic acids is 3. The molecule has 3 N–H and O–H groups in total. The molecule has 3 heterocycles. The highest BCUT2D eigenvalue weighted by Gasteiger charge is 2.37. The molecular weight excluding hydrogens is 382 g/mol. The van der Waals surface area contributed by atoms with Crippen molar-refractivity contribution in [3.63, 3.8) is 0 Å². The van der Waals surface area contributed by atoms with Gasteiger partial charge in [-0.2, -0.15) is 0 Å². The van der Waals surface area contributed by atoms with Crippen LogP contribution in [0, 0.1) is 0 Å². The van der Waals surface area contributed by atoms with Crippen LogP contribution in [0.3, 0.4) is 0 Å². The van der Waals surface area contributed by atoms with E-state index in [1.807, 2.05) is 42.6 Å². The van der Waals surface area contributed by atoms with Crippen molar-refractivity contribution in [2.45, 2.75) is 31.8 Å². The molecular formula is C22H23N5O3. The fourth-order valence-corrected chi connectivity index (χ4v) is 3.62. The molecule has 4 amide bonds. The molecule has 30 heavy (non-hydrogen) atoms. The third-order valence-corrected chi connectivity index (χ3v) is 5.29. The van der Waals surface area contributed by atoms with Crippen LogP contribution in [0.2, 0.25) is 0 Å². The van der Waals surface area contributed by atoms with Crippen LogP contribution in [-0.4, -0.2) is 45.3 Å². The number of imide groups is 1. The Labute approximate surface area is 173 Å². The largest absolute Gasteiger partial charge is 0.361 e. The van der Waals surface area contributed by atoms with Gasteiger partial charge in [0.1, 0.15) is 6.04 Å². The van der Waals surface area contributed by atoms with E-state index in [4.69, 9.17) is 0 Å². The molecule has 1 aromatic carbocycles. The summed E-state index contributed by atoms with van der Waals surface area (Å²) in [6, 6.07) is 10.5. The minimum absolute atomic E-state index is 0.161. The number of nitrogens with one attached hydrogen (secondary N) is 3. The van der Waals surface area contributed by atoms with Crippen LogP contribution in [0.15, 0.2) is 55.0 Å². The molecule has 0 spiro atoms. The van der Waals surface area contributed by atoms with Crippen molar-refractivity contribution < 1.29 is 14.4 Å². The first-order chi connectivity index (χ1) is 14.6. The lowest BCUT2D eigenvalue weighted by Crippen LogP contribution is -2.33. The smallest absolute Gasteiger partial charge is 0.324 e. The van der Waals surface area contributed by atoms with E-state index >= 15 is 0 Å². The Balaban J connectivity index is 1.26. The average molecular weight is 405 g/mol. The highest BCUT2D eigenvalue weighted by molar-refractivity contribution is 6.04. The van der Waals surface area contributed by atoms with Gasteiger partial charge in [0.25, 0.3) is 5.91 Å². The number of pyridine rings is 1. The summed E-state index contributed by atoms with van der Waals surface area (Å²) >= 11 is 0. The number of aromatic nitrogens is 2. The monoisotopic (exact) mass is 405 g/mol. The fraction of sp³-hybridized carbons (Fsp3) is 0.273. The fourth-order valence-electron chi connectivity index (χ4n) is 3.62. The molecule has 1 aliphatic rings. The zero-order valence-corrected chi connectivity index (χ0v) is 16.4. The van der Waals surface area contributed by atoms with E-state index in [1.54, 1.807) is 12.4 Å². The summed E-state index contributed by atoms with van der Waals surface area (Å²) < 4.78 is 0. The van der Waals surface area contributed by atoms with Gasteiger partial charge in [-0.1, -0.05) is 18.2 Å². The summed E-state index contributed by atoms with van der Waals surface area (Å²) in [6.45, 7) is 0.709. The van der Waals surface area contributed by atoms with Crippen molar-refractivity contribution in [3.8, 4) is 0 Å². The molecule has 3 aromatic rings. The minimum atomic E-state index is -0.660. The normalized spacial score (nSPS) is 16.1. The van der Waals surface area contributed by atoms with E-state index < -0.39 is 12.1 Å². The van der Waals surface area contributed by atoms with Gasteiger partial charge in [-0.25, -0.2) is 4.79 Å². The van der Waals surface area contributed by atoms with Gasteiger partial charge in [-0.15, -0.1) is 0 Å². The van der Waals surface area contributed by atoms with E-state index in [0.717, 1.165) is 22.0 Å². The van der Waals surface area contributed by atoms with Crippen LogP contribution < -0.4 is 10.6 Å². The van der Waals surface area contributed by atoms with Crippen molar-refractivity contribution in [3.05, 3.63) is 66.1 Å². The van der Waals surface area contributed by atoms with Crippen molar-refractivity contribution in [2.24, 2.45) is 0 Å². The second-order valence-electron chi connectivity index (χ2n) is 7.27. The number of rotatable bonds is 8. The van der Waals surface area contributed by atoms with Crippen molar-refractivity contribution in [2.75, 3.05) is 6.54 Å². The SMILES string of the molecule is O=C(CCC1NC(=O)N(CCc2c[nH]c3ccccc23)C1=O)NCc1ccncc1. The number of carbonyl (C=O) groups is 3. The number of urea groups is 1. The second-order valence-corrected chi connectivity index (χ2v) is 7.27. The van der Waals surface area contributed by atoms with Gasteiger partial charge in [-0.3, -0.25) is 19.5 Å². The van der Waals surface area contributed by atoms with Crippen LogP contribution in [0.4, 0.5) is 4.79 Å². The lowest BCUT2D eigenvalue weighted by atomic mass is 10.1. The third-order valence-electron chi connectivity index (χ3n) is 5.29. The van der Waals surface area contributed by atoms with Crippen LogP contribution >= 0.6 is 0 Å². The Morgan fingerprint density at radius 1 is 1.13 bits per heavy atom. The van der Waals surface area contributed by atoms with E-state index in [2.05, 4.69) is 20.6 Å². The topological polar surface area (TPSA) is 107 Å². The Kier molecular flexibility index (Phi) is 5.74. The zero-order chi connectivity index (χ0) is 20.9. The van der Waals surface area contributed by atoms with Gasteiger partial charge in [-0.05, 0) is 42.2 Å². The number of hydrogen-bond acceptors (Lipinski definition) is 4. The van der Waals surface area contributed by atoms with Gasteiger partial charge < -0.3 is 15.6 Å². The third kappa shape index (κ3) is 4.32. The van der Waals surface area contributed by atoms with E-state index in [-0.39, 0.29) is 24.7 Å². The number of amides is 4. The zero-order valence-electron chi connectivity index (χ0n) is 16.4. The summed E-state index contributed by atoms with van der Waals surface area (Å²) in [6.07, 6.45) is 6.25. The Morgan fingerprint density at radius 3 is 2.77 bits per heavy atom. The quantitative estimate of drug-likeness (QED) is 0.499. The number of benzene rings is 1. The molecule has 2 aromatic heterocycles. The molecule has 8 heteroatoms.